The van der Waals surface area contributed by atoms with E-state index in [4.69, 9.17) is 9.47 Å². The molecule has 0 aliphatic carbocycles. The minimum atomic E-state index is -4.50. The Balaban J connectivity index is 2.18. The number of carbonyl (C=O) groups is 2. The van der Waals surface area contributed by atoms with Crippen LogP contribution in [0.3, 0.4) is 0 Å². The van der Waals surface area contributed by atoms with Gasteiger partial charge in [-0.25, -0.2) is 4.98 Å². The van der Waals surface area contributed by atoms with E-state index in [1.807, 2.05) is 0 Å². The number of aromatic nitrogens is 2. The molecule has 1 amide bonds. The monoisotopic (exact) mass is 439 g/mol. The van der Waals surface area contributed by atoms with Crippen molar-refractivity contribution in [2.24, 2.45) is 0 Å². The summed E-state index contributed by atoms with van der Waals surface area (Å²) < 4.78 is 47.4. The van der Waals surface area contributed by atoms with Crippen molar-refractivity contribution in [3.63, 3.8) is 0 Å². The lowest BCUT2D eigenvalue weighted by Crippen LogP contribution is -2.27. The first-order chi connectivity index (χ1) is 14.5. The number of hydrogen-bond donors (Lipinski definition) is 1. The first-order valence-corrected chi connectivity index (χ1v) is 9.58. The summed E-state index contributed by atoms with van der Waals surface area (Å²) in [6.45, 7) is 5.25. The number of halogens is 3. The highest BCUT2D eigenvalue weighted by Crippen LogP contribution is 2.29. The van der Waals surface area contributed by atoms with Gasteiger partial charge >= 0.3 is 6.18 Å². The lowest BCUT2D eigenvalue weighted by molar-refractivity contribution is -0.154. The summed E-state index contributed by atoms with van der Waals surface area (Å²) in [6, 6.07) is 4.10. The molecule has 31 heavy (non-hydrogen) atoms. The third-order valence-electron chi connectivity index (χ3n) is 4.06. The van der Waals surface area contributed by atoms with Crippen LogP contribution in [0.4, 0.5) is 13.2 Å². The van der Waals surface area contributed by atoms with Gasteiger partial charge in [-0.3, -0.25) is 14.6 Å². The van der Waals surface area contributed by atoms with Gasteiger partial charge in [0.05, 0.1) is 12.6 Å². The van der Waals surface area contributed by atoms with Crippen LogP contribution in [-0.2, 0) is 11.2 Å². The minimum Gasteiger partial charge on any atom is -0.488 e. The zero-order chi connectivity index (χ0) is 23.2. The van der Waals surface area contributed by atoms with Gasteiger partial charge in [0.15, 0.2) is 12.4 Å². The number of rotatable bonds is 9. The highest BCUT2D eigenvalue weighted by Gasteiger charge is 2.29. The maximum absolute atomic E-state index is 12.7. The van der Waals surface area contributed by atoms with E-state index in [0.29, 0.717) is 22.5 Å². The van der Waals surface area contributed by atoms with Crippen molar-refractivity contribution in [2.45, 2.75) is 46.3 Å². The molecule has 1 N–H and O–H groups in total. The summed E-state index contributed by atoms with van der Waals surface area (Å²) in [5.41, 5.74) is 1.96. The Morgan fingerprint density at radius 2 is 1.90 bits per heavy atom. The van der Waals surface area contributed by atoms with Crippen LogP contribution in [0.1, 0.15) is 54.1 Å². The molecule has 2 aromatic rings. The van der Waals surface area contributed by atoms with Gasteiger partial charge in [-0.15, -0.1) is 0 Å². The summed E-state index contributed by atoms with van der Waals surface area (Å²) in [5, 5.41) is 2.80. The van der Waals surface area contributed by atoms with Crippen molar-refractivity contribution >= 4 is 11.7 Å². The average molecular weight is 439 g/mol. The van der Waals surface area contributed by atoms with Gasteiger partial charge in [-0.1, -0.05) is 0 Å². The lowest BCUT2D eigenvalue weighted by Gasteiger charge is -2.18. The number of aryl methyl sites for hydroxylation is 1. The molecule has 7 nitrogen and oxygen atoms in total. The quantitative estimate of drug-likeness (QED) is 0.640. The summed E-state index contributed by atoms with van der Waals surface area (Å²) in [6.07, 6.45) is -3.06. The van der Waals surface area contributed by atoms with Crippen LogP contribution in [-0.4, -0.2) is 41.0 Å². The molecule has 0 radical (unpaired) electrons. The number of ketones is 1. The Kier molecular flexibility index (Phi) is 7.95. The average Bonchev–Trinajstić information content (AvgIpc) is 2.65. The van der Waals surface area contributed by atoms with Gasteiger partial charge in [0.25, 0.3) is 11.8 Å². The molecular weight excluding hydrogens is 415 g/mol. The zero-order valence-corrected chi connectivity index (χ0v) is 17.7. The van der Waals surface area contributed by atoms with Crippen LogP contribution in [0.2, 0.25) is 0 Å². The standard InChI is InChI=1S/C21H24F3N3O4/c1-5-30-18-9-16(10-25-20(18)31-11-21(22,23)24)14(4)27-19(29)15-6-12(2)26-17(8-15)7-13(3)28/h6,8-10,14H,5,7,11H2,1-4H3,(H,27,29). The Morgan fingerprint density at radius 3 is 2.52 bits per heavy atom. The third kappa shape index (κ3) is 7.54. The Labute approximate surface area is 178 Å². The SMILES string of the molecule is CCOc1cc(C(C)NC(=O)c2cc(C)nc(CC(C)=O)c2)cnc1OCC(F)(F)F. The predicted molar refractivity (Wildman–Crippen MR) is 106 cm³/mol. The maximum atomic E-state index is 12.7. The molecule has 1 atom stereocenters. The first kappa shape index (κ1) is 24.1. The van der Waals surface area contributed by atoms with Gasteiger partial charge in [-0.2, -0.15) is 13.2 Å². The number of alkyl halides is 3. The van der Waals surface area contributed by atoms with E-state index in [0.717, 1.165) is 0 Å². The second-order valence-electron chi connectivity index (χ2n) is 6.97. The molecule has 2 heterocycles. The van der Waals surface area contributed by atoms with Gasteiger partial charge in [-0.05, 0) is 51.5 Å². The number of nitrogens with one attached hydrogen (secondary N) is 1. The van der Waals surface area contributed by atoms with E-state index in [1.54, 1.807) is 32.9 Å². The molecule has 0 saturated heterocycles. The number of ether oxygens (including phenoxy) is 2. The van der Waals surface area contributed by atoms with Crippen LogP contribution < -0.4 is 14.8 Å². The summed E-state index contributed by atoms with van der Waals surface area (Å²) in [5.74, 6) is -0.688. The van der Waals surface area contributed by atoms with Crippen LogP contribution >= 0.6 is 0 Å². The van der Waals surface area contributed by atoms with Gasteiger partial charge < -0.3 is 14.8 Å². The van der Waals surface area contributed by atoms with E-state index in [1.165, 1.54) is 19.2 Å². The number of pyridine rings is 2. The van der Waals surface area contributed by atoms with Gasteiger partial charge in [0, 0.05) is 29.6 Å². The number of carbonyl (C=O) groups excluding carboxylic acids is 2. The van der Waals surface area contributed by atoms with Crippen molar-refractivity contribution in [3.8, 4) is 11.6 Å². The zero-order valence-electron chi connectivity index (χ0n) is 17.7. The normalized spacial score (nSPS) is 12.2. The highest BCUT2D eigenvalue weighted by molar-refractivity contribution is 5.94. The van der Waals surface area contributed by atoms with Crippen molar-refractivity contribution in [2.75, 3.05) is 13.2 Å². The summed E-state index contributed by atoms with van der Waals surface area (Å²) in [7, 11) is 0. The van der Waals surface area contributed by atoms with Crippen LogP contribution in [0.5, 0.6) is 11.6 Å². The van der Waals surface area contributed by atoms with Crippen molar-refractivity contribution in [3.05, 3.63) is 46.9 Å². The number of Topliss-reactive ketones (excluding diaryl/α,β-unsaturated/α-hetero) is 1. The van der Waals surface area contributed by atoms with Crippen molar-refractivity contribution < 1.29 is 32.2 Å². The number of nitrogens with zero attached hydrogens (tertiary/aromatic N) is 2. The molecule has 0 aliphatic rings. The van der Waals surface area contributed by atoms with Gasteiger partial charge in [0.2, 0.25) is 0 Å². The Morgan fingerprint density at radius 1 is 1.19 bits per heavy atom. The van der Waals surface area contributed by atoms with Crippen LogP contribution in [0.15, 0.2) is 24.4 Å². The lowest BCUT2D eigenvalue weighted by atomic mass is 10.1. The maximum Gasteiger partial charge on any atom is 0.422 e. The number of amides is 1. The topological polar surface area (TPSA) is 90.4 Å². The fraction of sp³-hybridized carbons (Fsp3) is 0.429. The molecule has 0 aromatic carbocycles. The summed E-state index contributed by atoms with van der Waals surface area (Å²) >= 11 is 0. The summed E-state index contributed by atoms with van der Waals surface area (Å²) in [4.78, 5) is 32.2. The highest BCUT2D eigenvalue weighted by atomic mass is 19.4. The predicted octanol–water partition coefficient (Wildman–Crippen LogP) is 3.75. The van der Waals surface area contributed by atoms with Crippen LogP contribution in [0.25, 0.3) is 0 Å². The van der Waals surface area contributed by atoms with E-state index < -0.39 is 24.7 Å². The second kappa shape index (κ2) is 10.2. The second-order valence-corrected chi connectivity index (χ2v) is 6.97. The van der Waals surface area contributed by atoms with E-state index in [-0.39, 0.29) is 30.4 Å². The molecule has 2 aromatic heterocycles. The fourth-order valence-corrected chi connectivity index (χ4v) is 2.78. The smallest absolute Gasteiger partial charge is 0.422 e. The molecular formula is C21H24F3N3O4. The molecule has 0 aliphatic heterocycles. The number of hydrogen-bond acceptors (Lipinski definition) is 6. The van der Waals surface area contributed by atoms with Crippen molar-refractivity contribution in [1.29, 1.82) is 0 Å². The minimum absolute atomic E-state index is 0.0499. The van der Waals surface area contributed by atoms with E-state index in [2.05, 4.69) is 15.3 Å². The van der Waals surface area contributed by atoms with E-state index in [9.17, 15) is 22.8 Å². The molecule has 0 saturated carbocycles. The third-order valence-corrected chi connectivity index (χ3v) is 4.06. The Hall–Kier alpha value is -3.17. The van der Waals surface area contributed by atoms with Crippen LogP contribution in [0, 0.1) is 6.92 Å². The van der Waals surface area contributed by atoms with Crippen molar-refractivity contribution in [1.82, 2.24) is 15.3 Å². The molecule has 0 spiro atoms. The molecule has 0 fully saturated rings. The Bertz CT molecular complexity index is 948. The first-order valence-electron chi connectivity index (χ1n) is 9.58. The largest absolute Gasteiger partial charge is 0.488 e. The fourth-order valence-electron chi connectivity index (χ4n) is 2.78. The molecule has 10 heteroatoms. The molecule has 0 bridgehead atoms. The van der Waals surface area contributed by atoms with Gasteiger partial charge in [0.1, 0.15) is 5.78 Å². The molecule has 168 valence electrons. The molecule has 2 rings (SSSR count). The van der Waals surface area contributed by atoms with E-state index >= 15 is 0 Å². The molecule has 1 unspecified atom stereocenters.